The summed E-state index contributed by atoms with van der Waals surface area (Å²) in [5.74, 6) is -0.606. The number of rotatable bonds is 5. The van der Waals surface area contributed by atoms with Crippen LogP contribution in [0.3, 0.4) is 0 Å². The molecule has 0 spiro atoms. The summed E-state index contributed by atoms with van der Waals surface area (Å²) in [6, 6.07) is 8.16. The second kappa shape index (κ2) is 6.97. The van der Waals surface area contributed by atoms with E-state index >= 15 is 0 Å². The van der Waals surface area contributed by atoms with Crippen LogP contribution in [0.1, 0.15) is 23.0 Å². The van der Waals surface area contributed by atoms with Gasteiger partial charge < -0.3 is 4.57 Å². The Kier molecular flexibility index (Phi) is 4.88. The SMILES string of the molecule is Cc1cc(F)ccc1S(=O)(=O)N[C@@H](c1cccc(F)c1)c1nccn1C. The normalized spacial score (nSPS) is 12.9. The first kappa shape index (κ1) is 18.2. The molecule has 0 aliphatic carbocycles. The van der Waals surface area contributed by atoms with Gasteiger partial charge in [0, 0.05) is 19.4 Å². The van der Waals surface area contributed by atoms with Gasteiger partial charge in [-0.05, 0) is 48.4 Å². The zero-order chi connectivity index (χ0) is 18.9. The summed E-state index contributed by atoms with van der Waals surface area (Å²) in [5.41, 5.74) is 0.679. The predicted octanol–water partition coefficient (Wildman–Crippen LogP) is 3.07. The van der Waals surface area contributed by atoms with Gasteiger partial charge in [-0.15, -0.1) is 0 Å². The van der Waals surface area contributed by atoms with Crippen LogP contribution in [-0.2, 0) is 17.1 Å². The van der Waals surface area contributed by atoms with Crippen LogP contribution in [-0.4, -0.2) is 18.0 Å². The minimum Gasteiger partial charge on any atom is -0.336 e. The second-order valence-corrected chi connectivity index (χ2v) is 7.60. The third-order valence-corrected chi connectivity index (χ3v) is 5.58. The van der Waals surface area contributed by atoms with Crippen molar-refractivity contribution < 1.29 is 17.2 Å². The van der Waals surface area contributed by atoms with E-state index in [0.717, 1.165) is 12.1 Å². The molecule has 8 heteroatoms. The number of imidazole rings is 1. The Labute approximate surface area is 150 Å². The number of aryl methyl sites for hydroxylation is 2. The molecule has 26 heavy (non-hydrogen) atoms. The lowest BCUT2D eigenvalue weighted by molar-refractivity contribution is 0.559. The second-order valence-electron chi connectivity index (χ2n) is 5.92. The fraction of sp³-hybridized carbons (Fsp3) is 0.167. The zero-order valence-corrected chi connectivity index (χ0v) is 15.0. The van der Waals surface area contributed by atoms with Crippen molar-refractivity contribution in [3.8, 4) is 0 Å². The van der Waals surface area contributed by atoms with Crippen LogP contribution in [0.15, 0.2) is 59.8 Å². The average Bonchev–Trinajstić information content (AvgIpc) is 2.98. The summed E-state index contributed by atoms with van der Waals surface area (Å²) < 4.78 is 57.0. The molecule has 0 aliphatic heterocycles. The molecule has 2 aromatic carbocycles. The maximum Gasteiger partial charge on any atom is 0.241 e. The molecule has 0 unspecified atom stereocenters. The first-order valence-electron chi connectivity index (χ1n) is 7.79. The Balaban J connectivity index is 2.07. The minimum atomic E-state index is -4.00. The smallest absolute Gasteiger partial charge is 0.241 e. The first-order chi connectivity index (χ1) is 12.3. The maximum absolute atomic E-state index is 13.7. The molecule has 0 fully saturated rings. The molecule has 5 nitrogen and oxygen atoms in total. The predicted molar refractivity (Wildman–Crippen MR) is 92.9 cm³/mol. The van der Waals surface area contributed by atoms with Crippen molar-refractivity contribution in [3.05, 3.63) is 83.4 Å². The third kappa shape index (κ3) is 3.66. The third-order valence-electron chi connectivity index (χ3n) is 4.00. The summed E-state index contributed by atoms with van der Waals surface area (Å²) in [7, 11) is -2.29. The van der Waals surface area contributed by atoms with Gasteiger partial charge in [-0.3, -0.25) is 0 Å². The Morgan fingerprint density at radius 3 is 2.46 bits per heavy atom. The van der Waals surface area contributed by atoms with E-state index < -0.39 is 27.7 Å². The summed E-state index contributed by atoms with van der Waals surface area (Å²) in [4.78, 5) is 4.14. The van der Waals surface area contributed by atoms with Crippen molar-refractivity contribution in [2.75, 3.05) is 0 Å². The van der Waals surface area contributed by atoms with Gasteiger partial charge in [-0.25, -0.2) is 22.2 Å². The van der Waals surface area contributed by atoms with Gasteiger partial charge in [0.15, 0.2) is 0 Å². The van der Waals surface area contributed by atoms with Gasteiger partial charge in [0.25, 0.3) is 0 Å². The zero-order valence-electron chi connectivity index (χ0n) is 14.1. The van der Waals surface area contributed by atoms with Crippen molar-refractivity contribution >= 4 is 10.0 Å². The van der Waals surface area contributed by atoms with Crippen LogP contribution in [0.5, 0.6) is 0 Å². The monoisotopic (exact) mass is 377 g/mol. The highest BCUT2D eigenvalue weighted by atomic mass is 32.2. The van der Waals surface area contributed by atoms with Crippen molar-refractivity contribution in [1.29, 1.82) is 0 Å². The molecular formula is C18H17F2N3O2S. The standard InChI is InChI=1S/C18H17F2N3O2S/c1-12-10-15(20)6-7-16(12)26(24,25)22-17(18-21-8-9-23(18)2)13-4-3-5-14(19)11-13/h3-11,17,22H,1-2H3/t17-/m0/s1. The molecule has 1 atom stereocenters. The number of hydrogen-bond acceptors (Lipinski definition) is 3. The summed E-state index contributed by atoms with van der Waals surface area (Å²) in [6.07, 6.45) is 3.19. The largest absolute Gasteiger partial charge is 0.336 e. The van der Waals surface area contributed by atoms with Crippen molar-refractivity contribution in [2.45, 2.75) is 17.9 Å². The summed E-state index contributed by atoms with van der Waals surface area (Å²) in [5, 5.41) is 0. The van der Waals surface area contributed by atoms with E-state index in [1.807, 2.05) is 0 Å². The number of hydrogen-bond donors (Lipinski definition) is 1. The van der Waals surface area contributed by atoms with E-state index in [4.69, 9.17) is 0 Å². The molecule has 0 saturated heterocycles. The average molecular weight is 377 g/mol. The molecule has 0 saturated carbocycles. The van der Waals surface area contributed by atoms with Crippen molar-refractivity contribution in [3.63, 3.8) is 0 Å². The molecule has 136 valence electrons. The van der Waals surface area contributed by atoms with Gasteiger partial charge in [0.1, 0.15) is 23.5 Å². The summed E-state index contributed by atoms with van der Waals surface area (Å²) >= 11 is 0. The number of halogens is 2. The number of benzene rings is 2. The fourth-order valence-electron chi connectivity index (χ4n) is 2.74. The van der Waals surface area contributed by atoms with Crippen molar-refractivity contribution in [1.82, 2.24) is 14.3 Å². The molecule has 1 aromatic heterocycles. The lowest BCUT2D eigenvalue weighted by atomic mass is 10.1. The van der Waals surface area contributed by atoms with E-state index in [2.05, 4.69) is 9.71 Å². The molecular weight excluding hydrogens is 360 g/mol. The molecule has 0 radical (unpaired) electrons. The number of nitrogens with zero attached hydrogens (tertiary/aromatic N) is 2. The maximum atomic E-state index is 13.7. The van der Waals surface area contributed by atoms with Gasteiger partial charge in [0.05, 0.1) is 4.90 Å². The Hall–Kier alpha value is -2.58. The van der Waals surface area contributed by atoms with E-state index in [0.29, 0.717) is 11.4 Å². The van der Waals surface area contributed by atoms with Gasteiger partial charge in [0.2, 0.25) is 10.0 Å². The molecule has 1 heterocycles. The molecule has 0 bridgehead atoms. The quantitative estimate of drug-likeness (QED) is 0.743. The Morgan fingerprint density at radius 2 is 1.85 bits per heavy atom. The van der Waals surface area contributed by atoms with Crippen molar-refractivity contribution in [2.24, 2.45) is 7.05 Å². The van der Waals surface area contributed by atoms with Crippen LogP contribution in [0, 0.1) is 18.6 Å². The summed E-state index contributed by atoms with van der Waals surface area (Å²) in [6.45, 7) is 1.51. The molecule has 3 aromatic rings. The molecule has 3 rings (SSSR count). The highest BCUT2D eigenvalue weighted by Gasteiger charge is 2.27. The minimum absolute atomic E-state index is 0.0467. The van der Waals surface area contributed by atoms with Gasteiger partial charge in [-0.2, -0.15) is 4.72 Å². The van der Waals surface area contributed by atoms with Crippen LogP contribution in [0.25, 0.3) is 0 Å². The van der Waals surface area contributed by atoms with Gasteiger partial charge in [-0.1, -0.05) is 12.1 Å². The van der Waals surface area contributed by atoms with Crippen LogP contribution < -0.4 is 4.72 Å². The Bertz CT molecular complexity index is 1050. The molecule has 0 aliphatic rings. The highest BCUT2D eigenvalue weighted by molar-refractivity contribution is 7.89. The first-order valence-corrected chi connectivity index (χ1v) is 9.27. The van der Waals surface area contributed by atoms with Crippen LogP contribution in [0.4, 0.5) is 8.78 Å². The number of sulfonamides is 1. The Morgan fingerprint density at radius 1 is 1.12 bits per heavy atom. The van der Waals surface area contributed by atoms with E-state index in [9.17, 15) is 17.2 Å². The van der Waals surface area contributed by atoms with E-state index in [1.54, 1.807) is 23.9 Å². The highest BCUT2D eigenvalue weighted by Crippen LogP contribution is 2.25. The van der Waals surface area contributed by atoms with E-state index in [1.165, 1.54) is 37.4 Å². The van der Waals surface area contributed by atoms with Gasteiger partial charge >= 0.3 is 0 Å². The lowest BCUT2D eigenvalue weighted by Gasteiger charge is -2.20. The molecule has 0 amide bonds. The molecule has 1 N–H and O–H groups in total. The van der Waals surface area contributed by atoms with Crippen LogP contribution >= 0.6 is 0 Å². The van der Waals surface area contributed by atoms with Crippen LogP contribution in [0.2, 0.25) is 0 Å². The topological polar surface area (TPSA) is 64.0 Å². The number of aromatic nitrogens is 2. The number of nitrogens with one attached hydrogen (secondary N) is 1. The fourth-order valence-corrected chi connectivity index (χ4v) is 4.15. The van der Waals surface area contributed by atoms with E-state index in [-0.39, 0.29) is 10.5 Å². The lowest BCUT2D eigenvalue weighted by Crippen LogP contribution is -2.31.